The summed E-state index contributed by atoms with van der Waals surface area (Å²) < 4.78 is 5.41. The first-order valence-electron chi connectivity index (χ1n) is 6.89. The molecule has 2 aromatic heterocycles. The van der Waals surface area contributed by atoms with Crippen molar-refractivity contribution in [1.82, 2.24) is 15.0 Å². The maximum Gasteiger partial charge on any atom is 0.225 e. The minimum Gasteiger partial charge on any atom is -0.495 e. The van der Waals surface area contributed by atoms with Crippen molar-refractivity contribution in [3.8, 4) is 5.75 Å². The van der Waals surface area contributed by atoms with E-state index in [1.807, 2.05) is 24.4 Å². The van der Waals surface area contributed by atoms with Crippen LogP contribution in [0.4, 0.5) is 5.95 Å². The van der Waals surface area contributed by atoms with Crippen LogP contribution in [-0.4, -0.2) is 35.2 Å². The second-order valence-corrected chi connectivity index (χ2v) is 4.90. The number of piperidine rings is 1. The molecule has 3 rings (SSSR count). The molecule has 1 saturated heterocycles. The highest BCUT2D eigenvalue weighted by molar-refractivity contribution is 5.34. The standard InChI is InChI=1S/C15H18N4O/c1-20-13-4-2-7-16-14(13)12-5-10-19(11-6-12)15-17-8-3-9-18-15/h2-4,7-9,12H,5-6,10-11H2,1H3. The molecule has 0 aliphatic carbocycles. The summed E-state index contributed by atoms with van der Waals surface area (Å²) in [5.41, 5.74) is 1.07. The lowest BCUT2D eigenvalue weighted by atomic mass is 9.92. The van der Waals surface area contributed by atoms with Crippen molar-refractivity contribution in [2.75, 3.05) is 25.1 Å². The first kappa shape index (κ1) is 12.8. The Morgan fingerprint density at radius 3 is 2.45 bits per heavy atom. The third-order valence-electron chi connectivity index (χ3n) is 3.74. The molecule has 1 aliphatic rings. The van der Waals surface area contributed by atoms with Crippen molar-refractivity contribution in [3.63, 3.8) is 0 Å². The zero-order valence-electron chi connectivity index (χ0n) is 11.6. The molecule has 0 amide bonds. The smallest absolute Gasteiger partial charge is 0.225 e. The van der Waals surface area contributed by atoms with Crippen LogP contribution < -0.4 is 9.64 Å². The van der Waals surface area contributed by atoms with Crippen LogP contribution in [0.2, 0.25) is 0 Å². The quantitative estimate of drug-likeness (QED) is 0.856. The van der Waals surface area contributed by atoms with Gasteiger partial charge in [0.15, 0.2) is 0 Å². The van der Waals surface area contributed by atoms with Gasteiger partial charge in [-0.25, -0.2) is 9.97 Å². The summed E-state index contributed by atoms with van der Waals surface area (Å²) in [6, 6.07) is 5.74. The summed E-state index contributed by atoms with van der Waals surface area (Å²) in [7, 11) is 1.70. The summed E-state index contributed by atoms with van der Waals surface area (Å²) in [5, 5.41) is 0. The Morgan fingerprint density at radius 1 is 1.05 bits per heavy atom. The van der Waals surface area contributed by atoms with Gasteiger partial charge in [0, 0.05) is 37.6 Å². The van der Waals surface area contributed by atoms with Gasteiger partial charge in [-0.15, -0.1) is 0 Å². The molecule has 0 atom stereocenters. The van der Waals surface area contributed by atoms with Crippen LogP contribution in [0, 0.1) is 0 Å². The number of ether oxygens (including phenoxy) is 1. The van der Waals surface area contributed by atoms with E-state index in [1.54, 1.807) is 19.5 Å². The third kappa shape index (κ3) is 2.57. The molecule has 0 saturated carbocycles. The van der Waals surface area contributed by atoms with E-state index in [1.165, 1.54) is 0 Å². The summed E-state index contributed by atoms with van der Waals surface area (Å²) in [6.07, 6.45) is 7.51. The SMILES string of the molecule is COc1cccnc1C1CCN(c2ncccn2)CC1. The van der Waals surface area contributed by atoms with Crippen molar-refractivity contribution >= 4 is 5.95 Å². The number of anilines is 1. The molecule has 0 N–H and O–H groups in total. The van der Waals surface area contributed by atoms with E-state index in [0.717, 1.165) is 43.3 Å². The number of nitrogens with zero attached hydrogens (tertiary/aromatic N) is 4. The summed E-state index contributed by atoms with van der Waals surface area (Å²) in [6.45, 7) is 1.91. The fraction of sp³-hybridized carbons (Fsp3) is 0.400. The van der Waals surface area contributed by atoms with Gasteiger partial charge >= 0.3 is 0 Å². The molecule has 1 fully saturated rings. The van der Waals surface area contributed by atoms with Gasteiger partial charge in [-0.3, -0.25) is 4.98 Å². The van der Waals surface area contributed by atoms with E-state index in [4.69, 9.17) is 4.74 Å². The average molecular weight is 270 g/mol. The van der Waals surface area contributed by atoms with Crippen LogP contribution in [0.5, 0.6) is 5.75 Å². The molecular weight excluding hydrogens is 252 g/mol. The molecule has 3 heterocycles. The zero-order chi connectivity index (χ0) is 13.8. The van der Waals surface area contributed by atoms with Gasteiger partial charge in [-0.05, 0) is 31.0 Å². The number of rotatable bonds is 3. The van der Waals surface area contributed by atoms with E-state index in [9.17, 15) is 0 Å². The van der Waals surface area contributed by atoms with Gasteiger partial charge in [0.25, 0.3) is 0 Å². The molecule has 0 aromatic carbocycles. The Kier molecular flexibility index (Phi) is 3.76. The monoisotopic (exact) mass is 270 g/mol. The second-order valence-electron chi connectivity index (χ2n) is 4.90. The number of pyridine rings is 1. The molecule has 0 unspecified atom stereocenters. The Morgan fingerprint density at radius 2 is 1.75 bits per heavy atom. The van der Waals surface area contributed by atoms with Gasteiger partial charge < -0.3 is 9.64 Å². The lowest BCUT2D eigenvalue weighted by molar-refractivity contribution is 0.391. The predicted octanol–water partition coefficient (Wildman–Crippen LogP) is 2.26. The maximum absolute atomic E-state index is 5.41. The predicted molar refractivity (Wildman–Crippen MR) is 77.0 cm³/mol. The minimum absolute atomic E-state index is 0.450. The van der Waals surface area contributed by atoms with Crippen molar-refractivity contribution < 1.29 is 4.74 Å². The van der Waals surface area contributed by atoms with Gasteiger partial charge in [-0.1, -0.05) is 0 Å². The molecule has 0 bridgehead atoms. The molecule has 104 valence electrons. The zero-order valence-corrected chi connectivity index (χ0v) is 11.6. The van der Waals surface area contributed by atoms with Crippen LogP contribution in [0.15, 0.2) is 36.8 Å². The second kappa shape index (κ2) is 5.86. The Labute approximate surface area is 118 Å². The van der Waals surface area contributed by atoms with Crippen LogP contribution in [0.25, 0.3) is 0 Å². The normalized spacial score (nSPS) is 16.1. The topological polar surface area (TPSA) is 51.1 Å². The minimum atomic E-state index is 0.450. The molecule has 5 nitrogen and oxygen atoms in total. The van der Waals surface area contributed by atoms with E-state index < -0.39 is 0 Å². The fourth-order valence-corrected chi connectivity index (χ4v) is 2.69. The molecule has 0 radical (unpaired) electrons. The molecule has 1 aliphatic heterocycles. The Balaban J connectivity index is 1.70. The van der Waals surface area contributed by atoms with E-state index in [0.29, 0.717) is 5.92 Å². The first-order chi connectivity index (χ1) is 9.88. The highest BCUT2D eigenvalue weighted by atomic mass is 16.5. The number of hydrogen-bond acceptors (Lipinski definition) is 5. The van der Waals surface area contributed by atoms with Crippen molar-refractivity contribution in [1.29, 1.82) is 0 Å². The van der Waals surface area contributed by atoms with Crippen molar-refractivity contribution in [2.24, 2.45) is 0 Å². The van der Waals surface area contributed by atoms with Crippen LogP contribution in [0.3, 0.4) is 0 Å². The molecule has 20 heavy (non-hydrogen) atoms. The first-order valence-corrected chi connectivity index (χ1v) is 6.89. The summed E-state index contributed by atoms with van der Waals surface area (Å²) in [5.74, 6) is 2.16. The highest BCUT2D eigenvalue weighted by Crippen LogP contribution is 2.32. The number of aromatic nitrogens is 3. The van der Waals surface area contributed by atoms with E-state index in [-0.39, 0.29) is 0 Å². The molecule has 2 aromatic rings. The van der Waals surface area contributed by atoms with Crippen LogP contribution in [-0.2, 0) is 0 Å². The molecule has 0 spiro atoms. The molecular formula is C15H18N4O. The largest absolute Gasteiger partial charge is 0.495 e. The number of methoxy groups -OCH3 is 1. The Hall–Kier alpha value is -2.17. The van der Waals surface area contributed by atoms with E-state index in [2.05, 4.69) is 19.9 Å². The van der Waals surface area contributed by atoms with Crippen LogP contribution in [0.1, 0.15) is 24.5 Å². The Bertz CT molecular complexity index is 553. The number of hydrogen-bond donors (Lipinski definition) is 0. The van der Waals surface area contributed by atoms with Crippen molar-refractivity contribution in [3.05, 3.63) is 42.5 Å². The molecule has 5 heteroatoms. The van der Waals surface area contributed by atoms with Gasteiger partial charge in [0.2, 0.25) is 5.95 Å². The van der Waals surface area contributed by atoms with E-state index >= 15 is 0 Å². The lowest BCUT2D eigenvalue weighted by Crippen LogP contribution is -2.34. The van der Waals surface area contributed by atoms with Gasteiger partial charge in [0.05, 0.1) is 12.8 Å². The summed E-state index contributed by atoms with van der Waals surface area (Å²) in [4.78, 5) is 15.3. The third-order valence-corrected chi connectivity index (χ3v) is 3.74. The van der Waals surface area contributed by atoms with Crippen molar-refractivity contribution in [2.45, 2.75) is 18.8 Å². The van der Waals surface area contributed by atoms with Gasteiger partial charge in [-0.2, -0.15) is 0 Å². The average Bonchev–Trinajstić information content (AvgIpc) is 2.56. The maximum atomic E-state index is 5.41. The summed E-state index contributed by atoms with van der Waals surface area (Å²) >= 11 is 0. The highest BCUT2D eigenvalue weighted by Gasteiger charge is 2.24. The van der Waals surface area contributed by atoms with Crippen LogP contribution >= 0.6 is 0 Å². The fourth-order valence-electron chi connectivity index (χ4n) is 2.69. The van der Waals surface area contributed by atoms with Gasteiger partial charge in [0.1, 0.15) is 5.75 Å². The lowest BCUT2D eigenvalue weighted by Gasteiger charge is -2.32.